The molecule has 0 saturated carbocycles. The summed E-state index contributed by atoms with van der Waals surface area (Å²) >= 11 is 0. The number of nitrogens with one attached hydrogen (secondary N) is 1. The number of carbonyl (C=O) groups is 1. The number of likely N-dealkylation sites (N-methyl/N-ethyl adjacent to an activating group) is 1. The molecule has 1 saturated heterocycles. The molecular formula is C17H22N4O2. The van der Waals surface area contributed by atoms with E-state index in [0.717, 1.165) is 49.6 Å². The fourth-order valence-corrected chi connectivity index (χ4v) is 2.85. The Kier molecular flexibility index (Phi) is 4.62. The Morgan fingerprint density at radius 1 is 1.17 bits per heavy atom. The summed E-state index contributed by atoms with van der Waals surface area (Å²) in [6.45, 7) is 3.47. The first-order valence-electron chi connectivity index (χ1n) is 7.84. The molecule has 6 nitrogen and oxygen atoms in total. The normalized spacial score (nSPS) is 16.2. The maximum Gasteiger partial charge on any atom is 0.257 e. The van der Waals surface area contributed by atoms with Gasteiger partial charge in [-0.1, -0.05) is 0 Å². The largest absolute Gasteiger partial charge is 0.497 e. The van der Waals surface area contributed by atoms with Crippen LogP contribution < -0.4 is 4.74 Å². The van der Waals surface area contributed by atoms with Gasteiger partial charge in [0, 0.05) is 25.2 Å². The second-order valence-corrected chi connectivity index (χ2v) is 5.84. The van der Waals surface area contributed by atoms with Crippen molar-refractivity contribution in [1.82, 2.24) is 20.0 Å². The summed E-state index contributed by atoms with van der Waals surface area (Å²) in [6.07, 6.45) is 2.62. The number of ether oxygens (including phenoxy) is 1. The first kappa shape index (κ1) is 15.6. The van der Waals surface area contributed by atoms with Crippen molar-refractivity contribution in [3.8, 4) is 17.0 Å². The van der Waals surface area contributed by atoms with Crippen molar-refractivity contribution in [3.05, 3.63) is 36.0 Å². The fourth-order valence-electron chi connectivity index (χ4n) is 2.85. The van der Waals surface area contributed by atoms with Gasteiger partial charge in [0.15, 0.2) is 0 Å². The van der Waals surface area contributed by atoms with E-state index in [1.54, 1.807) is 13.3 Å². The van der Waals surface area contributed by atoms with Crippen molar-refractivity contribution >= 4 is 5.91 Å². The van der Waals surface area contributed by atoms with Crippen LogP contribution in [-0.4, -0.2) is 66.2 Å². The number of amides is 1. The van der Waals surface area contributed by atoms with Gasteiger partial charge in [0.1, 0.15) is 5.75 Å². The van der Waals surface area contributed by atoms with Crippen LogP contribution in [0.3, 0.4) is 0 Å². The van der Waals surface area contributed by atoms with Gasteiger partial charge in [-0.25, -0.2) is 0 Å². The summed E-state index contributed by atoms with van der Waals surface area (Å²) in [6, 6.07) is 7.62. The molecule has 23 heavy (non-hydrogen) atoms. The Morgan fingerprint density at radius 3 is 2.70 bits per heavy atom. The molecule has 1 aromatic heterocycles. The van der Waals surface area contributed by atoms with Crippen LogP contribution in [0.4, 0.5) is 0 Å². The third-order valence-electron chi connectivity index (χ3n) is 4.26. The number of nitrogens with zero attached hydrogens (tertiary/aromatic N) is 3. The first-order valence-corrected chi connectivity index (χ1v) is 7.84. The fraction of sp³-hybridized carbons (Fsp3) is 0.412. The van der Waals surface area contributed by atoms with E-state index in [1.165, 1.54) is 0 Å². The van der Waals surface area contributed by atoms with Crippen LogP contribution in [0, 0.1) is 0 Å². The highest BCUT2D eigenvalue weighted by Crippen LogP contribution is 2.24. The molecule has 3 rings (SSSR count). The second-order valence-electron chi connectivity index (χ2n) is 5.84. The molecule has 2 aromatic rings. The van der Waals surface area contributed by atoms with E-state index < -0.39 is 0 Å². The van der Waals surface area contributed by atoms with Crippen molar-refractivity contribution in [2.45, 2.75) is 6.42 Å². The van der Waals surface area contributed by atoms with Gasteiger partial charge in [-0.3, -0.25) is 9.89 Å². The zero-order valence-corrected chi connectivity index (χ0v) is 13.6. The Bertz CT molecular complexity index is 665. The molecule has 0 atom stereocenters. The first-order chi connectivity index (χ1) is 11.2. The summed E-state index contributed by atoms with van der Waals surface area (Å²) in [5.41, 5.74) is 2.31. The van der Waals surface area contributed by atoms with Crippen LogP contribution in [0.5, 0.6) is 5.75 Å². The number of hydrogen-bond donors (Lipinski definition) is 1. The summed E-state index contributed by atoms with van der Waals surface area (Å²) in [5.74, 6) is 0.830. The number of aromatic nitrogens is 2. The average Bonchev–Trinajstić information content (AvgIpc) is 2.97. The van der Waals surface area contributed by atoms with Crippen molar-refractivity contribution in [2.75, 3.05) is 40.3 Å². The van der Waals surface area contributed by atoms with Crippen molar-refractivity contribution in [1.29, 1.82) is 0 Å². The third-order valence-corrected chi connectivity index (χ3v) is 4.26. The van der Waals surface area contributed by atoms with Gasteiger partial charge in [0.2, 0.25) is 0 Å². The number of aromatic amines is 1. The quantitative estimate of drug-likeness (QED) is 0.939. The van der Waals surface area contributed by atoms with Crippen LogP contribution in [-0.2, 0) is 0 Å². The molecule has 0 bridgehead atoms. The molecule has 0 aliphatic carbocycles. The zero-order valence-electron chi connectivity index (χ0n) is 13.6. The average molecular weight is 314 g/mol. The van der Waals surface area contributed by atoms with Crippen LogP contribution in [0.25, 0.3) is 11.3 Å². The SMILES string of the molecule is COc1ccc(-c2[nH]ncc2C(=O)N2CCCN(C)CC2)cc1. The Morgan fingerprint density at radius 2 is 1.96 bits per heavy atom. The number of H-pyrrole nitrogens is 1. The van der Waals surface area contributed by atoms with E-state index in [0.29, 0.717) is 5.56 Å². The van der Waals surface area contributed by atoms with Gasteiger partial charge in [-0.05, 0) is 44.3 Å². The van der Waals surface area contributed by atoms with Gasteiger partial charge in [0.05, 0.1) is 24.6 Å². The molecular weight excluding hydrogens is 292 g/mol. The minimum atomic E-state index is 0.0415. The van der Waals surface area contributed by atoms with Crippen molar-refractivity contribution < 1.29 is 9.53 Å². The van der Waals surface area contributed by atoms with Gasteiger partial charge in [0.25, 0.3) is 5.91 Å². The number of hydrogen-bond acceptors (Lipinski definition) is 4. The molecule has 1 aromatic carbocycles. The lowest BCUT2D eigenvalue weighted by Gasteiger charge is -2.20. The standard InChI is InChI=1S/C17H22N4O2/c1-20-8-3-9-21(11-10-20)17(22)15-12-18-19-16(15)13-4-6-14(23-2)7-5-13/h4-7,12H,3,8-11H2,1-2H3,(H,18,19). The number of benzene rings is 1. The molecule has 1 aliphatic heterocycles. The lowest BCUT2D eigenvalue weighted by atomic mass is 10.1. The Labute approximate surface area is 136 Å². The number of methoxy groups -OCH3 is 1. The minimum absolute atomic E-state index is 0.0415. The lowest BCUT2D eigenvalue weighted by molar-refractivity contribution is 0.0763. The Balaban J connectivity index is 1.83. The summed E-state index contributed by atoms with van der Waals surface area (Å²) in [4.78, 5) is 17.0. The third kappa shape index (κ3) is 3.37. The van der Waals surface area contributed by atoms with Gasteiger partial charge < -0.3 is 14.5 Å². The highest BCUT2D eigenvalue weighted by Gasteiger charge is 2.23. The van der Waals surface area contributed by atoms with Crippen LogP contribution in [0.2, 0.25) is 0 Å². The van der Waals surface area contributed by atoms with Gasteiger partial charge in [-0.15, -0.1) is 0 Å². The van der Waals surface area contributed by atoms with Crippen LogP contribution >= 0.6 is 0 Å². The maximum atomic E-state index is 12.9. The molecule has 0 spiro atoms. The van der Waals surface area contributed by atoms with E-state index in [2.05, 4.69) is 22.1 Å². The van der Waals surface area contributed by atoms with Gasteiger partial charge in [-0.2, -0.15) is 5.10 Å². The van der Waals surface area contributed by atoms with Crippen molar-refractivity contribution in [3.63, 3.8) is 0 Å². The van der Waals surface area contributed by atoms with E-state index >= 15 is 0 Å². The molecule has 0 unspecified atom stereocenters. The topological polar surface area (TPSA) is 61.5 Å². The van der Waals surface area contributed by atoms with E-state index in [1.807, 2.05) is 29.2 Å². The highest BCUT2D eigenvalue weighted by atomic mass is 16.5. The monoisotopic (exact) mass is 314 g/mol. The number of rotatable bonds is 3. The van der Waals surface area contributed by atoms with Gasteiger partial charge >= 0.3 is 0 Å². The molecule has 0 radical (unpaired) electrons. The number of carbonyl (C=O) groups excluding carboxylic acids is 1. The van der Waals surface area contributed by atoms with Crippen molar-refractivity contribution in [2.24, 2.45) is 0 Å². The molecule has 122 valence electrons. The molecule has 1 amide bonds. The van der Waals surface area contributed by atoms with E-state index in [4.69, 9.17) is 4.74 Å². The summed E-state index contributed by atoms with van der Waals surface area (Å²) in [7, 11) is 3.73. The highest BCUT2D eigenvalue weighted by molar-refractivity contribution is 5.99. The summed E-state index contributed by atoms with van der Waals surface area (Å²) in [5, 5.41) is 7.04. The molecule has 2 heterocycles. The van der Waals surface area contributed by atoms with E-state index in [9.17, 15) is 4.79 Å². The molecule has 1 N–H and O–H groups in total. The van der Waals surface area contributed by atoms with Crippen LogP contribution in [0.1, 0.15) is 16.8 Å². The molecule has 1 aliphatic rings. The minimum Gasteiger partial charge on any atom is -0.497 e. The smallest absolute Gasteiger partial charge is 0.257 e. The van der Waals surface area contributed by atoms with Crippen LogP contribution in [0.15, 0.2) is 30.5 Å². The predicted molar refractivity (Wildman–Crippen MR) is 88.6 cm³/mol. The predicted octanol–water partition coefficient (Wildman–Crippen LogP) is 1.86. The second kappa shape index (κ2) is 6.83. The maximum absolute atomic E-state index is 12.9. The Hall–Kier alpha value is -2.34. The summed E-state index contributed by atoms with van der Waals surface area (Å²) < 4.78 is 5.18. The lowest BCUT2D eigenvalue weighted by Crippen LogP contribution is -2.34. The zero-order chi connectivity index (χ0) is 16.2. The molecule has 1 fully saturated rings. The van der Waals surface area contributed by atoms with E-state index in [-0.39, 0.29) is 5.91 Å². The molecule has 6 heteroatoms.